The van der Waals surface area contributed by atoms with E-state index in [1.54, 1.807) is 12.1 Å². The summed E-state index contributed by atoms with van der Waals surface area (Å²) < 4.78 is 48.3. The van der Waals surface area contributed by atoms with Crippen molar-refractivity contribution in [1.82, 2.24) is 4.90 Å². The molecule has 0 bridgehead atoms. The van der Waals surface area contributed by atoms with Crippen LogP contribution in [0.2, 0.25) is 0 Å². The van der Waals surface area contributed by atoms with Gasteiger partial charge in [-0.05, 0) is 48.0 Å². The quantitative estimate of drug-likeness (QED) is 0.242. The molecule has 1 amide bonds. The van der Waals surface area contributed by atoms with Crippen molar-refractivity contribution in [2.24, 2.45) is 0 Å². The summed E-state index contributed by atoms with van der Waals surface area (Å²) in [6, 6.07) is 15.7. The number of rotatable bonds is 10. The summed E-state index contributed by atoms with van der Waals surface area (Å²) in [6.45, 7) is 0.478. The molecule has 0 spiro atoms. The molecule has 0 aromatic heterocycles. The van der Waals surface area contributed by atoms with Crippen LogP contribution in [0.4, 0.5) is 10.1 Å². The summed E-state index contributed by atoms with van der Waals surface area (Å²) in [7, 11) is -2.72. The second-order valence-corrected chi connectivity index (χ2v) is 8.71. The second kappa shape index (κ2) is 10.9. The zero-order valence-corrected chi connectivity index (χ0v) is 18.9. The van der Waals surface area contributed by atoms with Gasteiger partial charge < -0.3 is 13.8 Å². The standard InChI is InChI=1S/C23H21FN2O7S/c1-32-13-12-25(23(27)18-5-3-6-20(15-18)26(28)29)16-17-4-2-7-21(14-17)33-34(30,31)22-10-8-19(24)9-11-22/h2-11,14-15H,12-13,16H2,1H3. The Morgan fingerprint density at radius 3 is 2.44 bits per heavy atom. The van der Waals surface area contributed by atoms with E-state index in [1.807, 2.05) is 0 Å². The topological polar surface area (TPSA) is 116 Å². The van der Waals surface area contributed by atoms with E-state index >= 15 is 0 Å². The molecule has 11 heteroatoms. The first-order chi connectivity index (χ1) is 16.2. The molecule has 0 unspecified atom stereocenters. The number of halogens is 1. The highest BCUT2D eigenvalue weighted by molar-refractivity contribution is 7.87. The number of nitro benzene ring substituents is 1. The summed E-state index contributed by atoms with van der Waals surface area (Å²) >= 11 is 0. The van der Waals surface area contributed by atoms with E-state index in [-0.39, 0.29) is 41.6 Å². The Morgan fingerprint density at radius 1 is 1.06 bits per heavy atom. The first-order valence-corrected chi connectivity index (χ1v) is 11.4. The Balaban J connectivity index is 1.81. The van der Waals surface area contributed by atoms with Crippen molar-refractivity contribution in [3.05, 3.63) is 99.9 Å². The maximum Gasteiger partial charge on any atom is 0.339 e. The van der Waals surface area contributed by atoms with Gasteiger partial charge in [-0.15, -0.1) is 0 Å². The summed E-state index contributed by atoms with van der Waals surface area (Å²) in [5.74, 6) is -1.02. The molecule has 3 rings (SSSR count). The molecule has 3 aromatic rings. The van der Waals surface area contributed by atoms with Crippen molar-refractivity contribution in [1.29, 1.82) is 0 Å². The average Bonchev–Trinajstić information content (AvgIpc) is 2.81. The summed E-state index contributed by atoms with van der Waals surface area (Å²) in [4.78, 5) is 24.7. The van der Waals surface area contributed by atoms with Gasteiger partial charge in [0.25, 0.3) is 11.6 Å². The van der Waals surface area contributed by atoms with Crippen molar-refractivity contribution >= 4 is 21.7 Å². The van der Waals surface area contributed by atoms with Crippen LogP contribution in [0.1, 0.15) is 15.9 Å². The molecule has 34 heavy (non-hydrogen) atoms. The lowest BCUT2D eigenvalue weighted by molar-refractivity contribution is -0.384. The van der Waals surface area contributed by atoms with Crippen molar-refractivity contribution in [2.45, 2.75) is 11.4 Å². The molecule has 0 heterocycles. The zero-order chi connectivity index (χ0) is 24.7. The molecular weight excluding hydrogens is 467 g/mol. The number of amides is 1. The van der Waals surface area contributed by atoms with Crippen molar-refractivity contribution in [3.63, 3.8) is 0 Å². The van der Waals surface area contributed by atoms with E-state index < -0.39 is 26.8 Å². The molecule has 9 nitrogen and oxygen atoms in total. The van der Waals surface area contributed by atoms with Crippen LogP contribution in [0, 0.1) is 15.9 Å². The van der Waals surface area contributed by atoms with E-state index in [0.29, 0.717) is 5.56 Å². The summed E-state index contributed by atoms with van der Waals surface area (Å²) in [6.07, 6.45) is 0. The van der Waals surface area contributed by atoms with Gasteiger partial charge in [0.2, 0.25) is 0 Å². The summed E-state index contributed by atoms with van der Waals surface area (Å²) in [5.41, 5.74) is 0.484. The SMILES string of the molecule is COCCN(Cc1cccc(OS(=O)(=O)c2ccc(F)cc2)c1)C(=O)c1cccc([N+](=O)[O-])c1. The molecule has 0 N–H and O–H groups in total. The third-order valence-electron chi connectivity index (χ3n) is 4.74. The van der Waals surface area contributed by atoms with Crippen LogP contribution in [-0.2, 0) is 21.4 Å². The van der Waals surface area contributed by atoms with Gasteiger partial charge >= 0.3 is 10.1 Å². The van der Waals surface area contributed by atoms with Crippen molar-refractivity contribution < 1.29 is 31.4 Å². The molecule has 0 atom stereocenters. The van der Waals surface area contributed by atoms with Crippen LogP contribution in [0.5, 0.6) is 5.75 Å². The van der Waals surface area contributed by atoms with E-state index in [0.717, 1.165) is 24.3 Å². The molecule has 3 aromatic carbocycles. The molecule has 0 aliphatic carbocycles. The minimum atomic E-state index is -4.19. The number of hydrogen-bond donors (Lipinski definition) is 0. The molecular formula is C23H21FN2O7S. The predicted molar refractivity (Wildman–Crippen MR) is 120 cm³/mol. The molecule has 178 valence electrons. The van der Waals surface area contributed by atoms with Gasteiger partial charge in [0.15, 0.2) is 0 Å². The highest BCUT2D eigenvalue weighted by atomic mass is 32.2. The highest BCUT2D eigenvalue weighted by Crippen LogP contribution is 2.22. The lowest BCUT2D eigenvalue weighted by atomic mass is 10.1. The van der Waals surface area contributed by atoms with Gasteiger partial charge in [-0.1, -0.05) is 18.2 Å². The van der Waals surface area contributed by atoms with Gasteiger partial charge in [0, 0.05) is 37.9 Å². The molecule has 0 fully saturated rings. The van der Waals surface area contributed by atoms with Crippen LogP contribution in [0.3, 0.4) is 0 Å². The van der Waals surface area contributed by atoms with Crippen molar-refractivity contribution in [3.8, 4) is 5.75 Å². The zero-order valence-electron chi connectivity index (χ0n) is 18.1. The lowest BCUT2D eigenvalue weighted by Crippen LogP contribution is -2.33. The Kier molecular flexibility index (Phi) is 7.92. The number of ether oxygens (including phenoxy) is 1. The van der Waals surface area contributed by atoms with Crippen LogP contribution in [0.25, 0.3) is 0 Å². The Morgan fingerprint density at radius 2 is 1.76 bits per heavy atom. The first-order valence-electron chi connectivity index (χ1n) is 10.0. The number of carbonyl (C=O) groups is 1. The van der Waals surface area contributed by atoms with Crippen LogP contribution in [0.15, 0.2) is 77.7 Å². The molecule has 0 saturated heterocycles. The van der Waals surface area contributed by atoms with Gasteiger partial charge in [0.1, 0.15) is 16.5 Å². The molecule has 0 radical (unpaired) electrons. The van der Waals surface area contributed by atoms with Gasteiger partial charge in [-0.3, -0.25) is 14.9 Å². The smallest absolute Gasteiger partial charge is 0.339 e. The first kappa shape index (κ1) is 24.8. The van der Waals surface area contributed by atoms with E-state index in [4.69, 9.17) is 8.92 Å². The van der Waals surface area contributed by atoms with E-state index in [9.17, 15) is 27.7 Å². The Bertz CT molecular complexity index is 1280. The van der Waals surface area contributed by atoms with E-state index in [1.165, 1.54) is 48.4 Å². The lowest BCUT2D eigenvalue weighted by Gasteiger charge is -2.23. The normalized spacial score (nSPS) is 11.1. The van der Waals surface area contributed by atoms with E-state index in [2.05, 4.69) is 0 Å². The third kappa shape index (κ3) is 6.36. The monoisotopic (exact) mass is 488 g/mol. The minimum absolute atomic E-state index is 0.0105. The van der Waals surface area contributed by atoms with Crippen LogP contribution < -0.4 is 4.18 Å². The van der Waals surface area contributed by atoms with Gasteiger partial charge in [0.05, 0.1) is 11.5 Å². The fourth-order valence-corrected chi connectivity index (χ4v) is 4.00. The van der Waals surface area contributed by atoms with Gasteiger partial charge in [-0.25, -0.2) is 4.39 Å². The average molecular weight is 488 g/mol. The number of nitro groups is 1. The van der Waals surface area contributed by atoms with Crippen molar-refractivity contribution in [2.75, 3.05) is 20.3 Å². The molecule has 0 aliphatic rings. The van der Waals surface area contributed by atoms with Crippen LogP contribution >= 0.6 is 0 Å². The fourth-order valence-electron chi connectivity index (χ4n) is 3.08. The number of benzene rings is 3. The minimum Gasteiger partial charge on any atom is -0.383 e. The van der Waals surface area contributed by atoms with Crippen LogP contribution in [-0.4, -0.2) is 44.4 Å². The second-order valence-electron chi connectivity index (χ2n) is 7.17. The Hall–Kier alpha value is -3.83. The van der Waals surface area contributed by atoms with Gasteiger partial charge in [-0.2, -0.15) is 8.42 Å². The number of nitrogens with zero attached hydrogens (tertiary/aromatic N) is 2. The number of hydrogen-bond acceptors (Lipinski definition) is 7. The maximum atomic E-state index is 13.1. The molecule has 0 aliphatic heterocycles. The number of methoxy groups -OCH3 is 1. The highest BCUT2D eigenvalue weighted by Gasteiger charge is 2.20. The Labute approximate surface area is 195 Å². The summed E-state index contributed by atoms with van der Waals surface area (Å²) in [5, 5.41) is 11.1. The third-order valence-corrected chi connectivity index (χ3v) is 6.00. The number of carbonyl (C=O) groups excluding carboxylic acids is 1. The number of non-ortho nitro benzene ring substituents is 1. The molecule has 0 saturated carbocycles. The maximum absolute atomic E-state index is 13.1. The largest absolute Gasteiger partial charge is 0.383 e. The predicted octanol–water partition coefficient (Wildman–Crippen LogP) is 3.79. The fraction of sp³-hybridized carbons (Fsp3) is 0.174.